The number of aromatic nitrogens is 4. The number of aryl methyl sites for hydroxylation is 2. The Balaban J connectivity index is 1.95. The van der Waals surface area contributed by atoms with Crippen molar-refractivity contribution >= 4 is 0 Å². The predicted octanol–water partition coefficient (Wildman–Crippen LogP) is 1.30. The van der Waals surface area contributed by atoms with E-state index >= 15 is 0 Å². The van der Waals surface area contributed by atoms with Crippen molar-refractivity contribution in [2.24, 2.45) is 7.05 Å². The molecule has 1 atom stereocenters. The zero-order valence-electron chi connectivity index (χ0n) is 9.86. The van der Waals surface area contributed by atoms with Gasteiger partial charge in [0.1, 0.15) is 0 Å². The molecular weight excluding hydrogens is 202 g/mol. The smallest absolute Gasteiger partial charge is 0.0638 e. The highest BCUT2D eigenvalue weighted by atomic mass is 15.3. The average Bonchev–Trinajstić information content (AvgIpc) is 2.84. The lowest BCUT2D eigenvalue weighted by atomic mass is 10.2. The number of rotatable bonds is 4. The van der Waals surface area contributed by atoms with Crippen LogP contribution < -0.4 is 5.32 Å². The normalized spacial score (nSPS) is 12.9. The molecule has 0 saturated carbocycles. The van der Waals surface area contributed by atoms with E-state index in [-0.39, 0.29) is 6.04 Å². The first-order chi connectivity index (χ1) is 7.66. The quantitative estimate of drug-likeness (QED) is 0.815. The molecule has 2 heterocycles. The summed E-state index contributed by atoms with van der Waals surface area (Å²) in [5.41, 5.74) is 3.40. The van der Waals surface area contributed by atoms with Gasteiger partial charge in [-0.15, -0.1) is 0 Å². The first-order valence-electron chi connectivity index (χ1n) is 5.38. The second kappa shape index (κ2) is 4.49. The Morgan fingerprint density at radius 2 is 2.38 bits per heavy atom. The summed E-state index contributed by atoms with van der Waals surface area (Å²) in [6.07, 6.45) is 3.81. The number of nitrogens with one attached hydrogen (secondary N) is 2. The van der Waals surface area contributed by atoms with Crippen LogP contribution in [0.5, 0.6) is 0 Å². The summed E-state index contributed by atoms with van der Waals surface area (Å²) in [7, 11) is 1.94. The van der Waals surface area contributed by atoms with E-state index in [1.807, 2.05) is 30.9 Å². The molecule has 0 saturated heterocycles. The molecule has 2 rings (SSSR count). The van der Waals surface area contributed by atoms with Crippen LogP contribution in [-0.2, 0) is 13.6 Å². The third-order valence-corrected chi connectivity index (χ3v) is 2.70. The average molecular weight is 219 g/mol. The van der Waals surface area contributed by atoms with Gasteiger partial charge in [0.05, 0.1) is 11.4 Å². The van der Waals surface area contributed by atoms with Crippen LogP contribution >= 0.6 is 0 Å². The van der Waals surface area contributed by atoms with E-state index in [0.29, 0.717) is 0 Å². The molecule has 0 aliphatic carbocycles. The minimum Gasteiger partial charge on any atom is -0.305 e. The van der Waals surface area contributed by atoms with Crippen molar-refractivity contribution in [3.05, 3.63) is 35.4 Å². The molecule has 86 valence electrons. The molecule has 0 aliphatic heterocycles. The van der Waals surface area contributed by atoms with Crippen LogP contribution in [0.25, 0.3) is 0 Å². The molecule has 1 unspecified atom stereocenters. The van der Waals surface area contributed by atoms with E-state index in [1.165, 1.54) is 5.56 Å². The number of aromatic amines is 1. The lowest BCUT2D eigenvalue weighted by Crippen LogP contribution is -2.18. The minimum atomic E-state index is 0.266. The molecule has 5 nitrogen and oxygen atoms in total. The molecule has 0 amide bonds. The monoisotopic (exact) mass is 219 g/mol. The van der Waals surface area contributed by atoms with Gasteiger partial charge in [0, 0.05) is 37.6 Å². The van der Waals surface area contributed by atoms with Gasteiger partial charge >= 0.3 is 0 Å². The first kappa shape index (κ1) is 10.9. The topological polar surface area (TPSA) is 58.5 Å². The van der Waals surface area contributed by atoms with Crippen LogP contribution in [0.15, 0.2) is 18.5 Å². The predicted molar refractivity (Wildman–Crippen MR) is 61.8 cm³/mol. The van der Waals surface area contributed by atoms with Gasteiger partial charge in [0.25, 0.3) is 0 Å². The molecular formula is C11H17N5. The van der Waals surface area contributed by atoms with Crippen molar-refractivity contribution < 1.29 is 0 Å². The summed E-state index contributed by atoms with van der Waals surface area (Å²) in [5.74, 6) is 0. The third-order valence-electron chi connectivity index (χ3n) is 2.70. The van der Waals surface area contributed by atoms with Crippen LogP contribution in [0.1, 0.15) is 29.9 Å². The summed E-state index contributed by atoms with van der Waals surface area (Å²) in [6.45, 7) is 4.96. The molecule has 0 aromatic carbocycles. The van der Waals surface area contributed by atoms with E-state index in [0.717, 1.165) is 17.9 Å². The molecule has 0 bridgehead atoms. The SMILES string of the molecule is Cc1nn(C)cc1CNC(C)c1ccn[nH]1. The molecule has 0 aliphatic rings. The number of hydrogen-bond donors (Lipinski definition) is 2. The van der Waals surface area contributed by atoms with Gasteiger partial charge in [0.15, 0.2) is 0 Å². The van der Waals surface area contributed by atoms with Crippen molar-refractivity contribution in [2.75, 3.05) is 0 Å². The maximum absolute atomic E-state index is 4.31. The Hall–Kier alpha value is -1.62. The number of nitrogens with zero attached hydrogens (tertiary/aromatic N) is 3. The van der Waals surface area contributed by atoms with Crippen molar-refractivity contribution in [3.63, 3.8) is 0 Å². The lowest BCUT2D eigenvalue weighted by molar-refractivity contribution is 0.559. The van der Waals surface area contributed by atoms with Gasteiger partial charge < -0.3 is 5.32 Å². The second-order valence-electron chi connectivity index (χ2n) is 4.03. The minimum absolute atomic E-state index is 0.266. The number of hydrogen-bond acceptors (Lipinski definition) is 3. The highest BCUT2D eigenvalue weighted by molar-refractivity contribution is 5.15. The van der Waals surface area contributed by atoms with Crippen molar-refractivity contribution in [1.29, 1.82) is 0 Å². The van der Waals surface area contributed by atoms with E-state index in [9.17, 15) is 0 Å². The van der Waals surface area contributed by atoms with Gasteiger partial charge in [0.2, 0.25) is 0 Å². The maximum atomic E-state index is 4.31. The Bertz CT molecular complexity index is 443. The molecule has 2 aromatic heterocycles. The summed E-state index contributed by atoms with van der Waals surface area (Å²) in [5, 5.41) is 14.6. The third kappa shape index (κ3) is 2.30. The molecule has 0 spiro atoms. The highest BCUT2D eigenvalue weighted by Gasteiger charge is 2.08. The van der Waals surface area contributed by atoms with Crippen LogP contribution in [0.4, 0.5) is 0 Å². The molecule has 2 aromatic rings. The molecule has 2 N–H and O–H groups in total. The fourth-order valence-electron chi connectivity index (χ4n) is 1.70. The van der Waals surface area contributed by atoms with Gasteiger partial charge in [-0.3, -0.25) is 9.78 Å². The van der Waals surface area contributed by atoms with Crippen LogP contribution in [0.3, 0.4) is 0 Å². The molecule has 16 heavy (non-hydrogen) atoms. The van der Waals surface area contributed by atoms with Gasteiger partial charge in [-0.05, 0) is 19.9 Å². The second-order valence-corrected chi connectivity index (χ2v) is 4.03. The summed E-state index contributed by atoms with van der Waals surface area (Å²) < 4.78 is 1.84. The van der Waals surface area contributed by atoms with Gasteiger partial charge in [-0.25, -0.2) is 0 Å². The fourth-order valence-corrected chi connectivity index (χ4v) is 1.70. The zero-order valence-corrected chi connectivity index (χ0v) is 9.86. The standard InChI is InChI=1S/C11H17N5/c1-8-10(7-16(3)15-8)6-12-9(2)11-4-5-13-14-11/h4-5,7,9,12H,6H2,1-3H3,(H,13,14). The van der Waals surface area contributed by atoms with Gasteiger partial charge in [-0.1, -0.05) is 0 Å². The first-order valence-corrected chi connectivity index (χ1v) is 5.38. The fraction of sp³-hybridized carbons (Fsp3) is 0.455. The summed E-state index contributed by atoms with van der Waals surface area (Å²) in [4.78, 5) is 0. The van der Waals surface area contributed by atoms with E-state index in [1.54, 1.807) is 6.20 Å². The summed E-state index contributed by atoms with van der Waals surface area (Å²) in [6, 6.07) is 2.25. The van der Waals surface area contributed by atoms with Crippen LogP contribution in [0, 0.1) is 6.92 Å². The lowest BCUT2D eigenvalue weighted by Gasteiger charge is -2.10. The van der Waals surface area contributed by atoms with Crippen LogP contribution in [-0.4, -0.2) is 20.0 Å². The zero-order chi connectivity index (χ0) is 11.5. The maximum Gasteiger partial charge on any atom is 0.0638 e. The molecule has 0 radical (unpaired) electrons. The van der Waals surface area contributed by atoms with Gasteiger partial charge in [-0.2, -0.15) is 10.2 Å². The summed E-state index contributed by atoms with van der Waals surface area (Å²) >= 11 is 0. The van der Waals surface area contributed by atoms with Crippen molar-refractivity contribution in [1.82, 2.24) is 25.3 Å². The van der Waals surface area contributed by atoms with Crippen molar-refractivity contribution in [3.8, 4) is 0 Å². The van der Waals surface area contributed by atoms with E-state index in [4.69, 9.17) is 0 Å². The van der Waals surface area contributed by atoms with Crippen LogP contribution in [0.2, 0.25) is 0 Å². The highest BCUT2D eigenvalue weighted by Crippen LogP contribution is 2.10. The van der Waals surface area contributed by atoms with Crippen molar-refractivity contribution in [2.45, 2.75) is 26.4 Å². The Kier molecular flexibility index (Phi) is 3.05. The Morgan fingerprint density at radius 3 is 2.94 bits per heavy atom. The molecule has 0 fully saturated rings. The Labute approximate surface area is 94.9 Å². The molecule has 5 heteroatoms. The van der Waals surface area contributed by atoms with E-state index in [2.05, 4.69) is 27.5 Å². The largest absolute Gasteiger partial charge is 0.305 e. The van der Waals surface area contributed by atoms with E-state index < -0.39 is 0 Å². The Morgan fingerprint density at radius 1 is 1.56 bits per heavy atom. The number of H-pyrrole nitrogens is 1.